The van der Waals surface area contributed by atoms with E-state index in [2.05, 4.69) is 18.7 Å². The van der Waals surface area contributed by atoms with Gasteiger partial charge in [0.1, 0.15) is 0 Å². The first-order valence-electron chi connectivity index (χ1n) is 5.12. The number of likely N-dealkylation sites (N-methyl/N-ethyl adjacent to an activating group) is 1. The van der Waals surface area contributed by atoms with Crippen LogP contribution in [0.15, 0.2) is 0 Å². The van der Waals surface area contributed by atoms with Crippen LogP contribution in [0.4, 0.5) is 0 Å². The first-order chi connectivity index (χ1) is 5.79. The molecule has 1 spiro atoms. The first kappa shape index (κ1) is 8.52. The Labute approximate surface area is 74.9 Å². The SMILES string of the molecule is CCN1CC[C@H](C)[C@@]12CCOC2. The zero-order chi connectivity index (χ0) is 8.60. The molecule has 12 heavy (non-hydrogen) atoms. The molecule has 70 valence electrons. The Hall–Kier alpha value is -0.0800. The Kier molecular flexibility index (Phi) is 2.13. The third-order valence-corrected chi connectivity index (χ3v) is 3.79. The largest absolute Gasteiger partial charge is 0.379 e. The molecule has 0 N–H and O–H groups in total. The highest BCUT2D eigenvalue weighted by molar-refractivity contribution is 5.02. The standard InChI is InChI=1S/C10H19NO/c1-3-11-6-4-9(2)10(11)5-7-12-8-10/h9H,3-8H2,1-2H3/t9-,10-/m0/s1. The summed E-state index contributed by atoms with van der Waals surface area (Å²) < 4.78 is 5.54. The van der Waals surface area contributed by atoms with Crippen LogP contribution in [-0.2, 0) is 4.74 Å². The molecule has 2 saturated heterocycles. The molecule has 0 radical (unpaired) electrons. The molecule has 0 unspecified atom stereocenters. The lowest BCUT2D eigenvalue weighted by Gasteiger charge is -2.36. The molecule has 2 fully saturated rings. The molecule has 2 nitrogen and oxygen atoms in total. The fourth-order valence-electron chi connectivity index (χ4n) is 2.83. The fourth-order valence-corrected chi connectivity index (χ4v) is 2.83. The molecule has 2 heterocycles. The summed E-state index contributed by atoms with van der Waals surface area (Å²) in [5, 5.41) is 0. The molecule has 0 aromatic rings. The van der Waals surface area contributed by atoms with Crippen LogP contribution in [0.3, 0.4) is 0 Å². The normalized spacial score (nSPS) is 43.0. The molecule has 2 atom stereocenters. The van der Waals surface area contributed by atoms with E-state index < -0.39 is 0 Å². The van der Waals surface area contributed by atoms with E-state index >= 15 is 0 Å². The van der Waals surface area contributed by atoms with Crippen LogP contribution >= 0.6 is 0 Å². The molecule has 0 saturated carbocycles. The second-order valence-corrected chi connectivity index (χ2v) is 4.18. The van der Waals surface area contributed by atoms with E-state index in [4.69, 9.17) is 4.74 Å². The van der Waals surface area contributed by atoms with E-state index in [-0.39, 0.29) is 0 Å². The highest BCUT2D eigenvalue weighted by atomic mass is 16.5. The number of nitrogens with zero attached hydrogens (tertiary/aromatic N) is 1. The predicted octanol–water partition coefficient (Wildman–Crippen LogP) is 1.51. The van der Waals surface area contributed by atoms with Crippen LogP contribution in [0.2, 0.25) is 0 Å². The molecule has 0 aliphatic carbocycles. The van der Waals surface area contributed by atoms with Crippen LogP contribution in [0.1, 0.15) is 26.7 Å². The Morgan fingerprint density at radius 3 is 3.00 bits per heavy atom. The molecule has 0 amide bonds. The van der Waals surface area contributed by atoms with Crippen molar-refractivity contribution >= 4 is 0 Å². The topological polar surface area (TPSA) is 12.5 Å². The monoisotopic (exact) mass is 169 g/mol. The molecular weight excluding hydrogens is 150 g/mol. The molecule has 0 bridgehead atoms. The second-order valence-electron chi connectivity index (χ2n) is 4.18. The summed E-state index contributed by atoms with van der Waals surface area (Å²) in [6, 6.07) is 0. The van der Waals surface area contributed by atoms with Gasteiger partial charge in [-0.05, 0) is 31.8 Å². The average Bonchev–Trinajstić information content (AvgIpc) is 2.65. The zero-order valence-electron chi connectivity index (χ0n) is 8.18. The van der Waals surface area contributed by atoms with Gasteiger partial charge >= 0.3 is 0 Å². The van der Waals surface area contributed by atoms with E-state index in [1.165, 1.54) is 25.9 Å². The molecule has 2 aliphatic rings. The van der Waals surface area contributed by atoms with Gasteiger partial charge in [-0.2, -0.15) is 0 Å². The van der Waals surface area contributed by atoms with E-state index in [1.54, 1.807) is 0 Å². The van der Waals surface area contributed by atoms with E-state index in [9.17, 15) is 0 Å². The Morgan fingerprint density at radius 1 is 1.58 bits per heavy atom. The maximum absolute atomic E-state index is 5.54. The quantitative estimate of drug-likeness (QED) is 0.590. The lowest BCUT2D eigenvalue weighted by Crippen LogP contribution is -2.47. The predicted molar refractivity (Wildman–Crippen MR) is 49.2 cm³/mol. The van der Waals surface area contributed by atoms with E-state index in [0.717, 1.165) is 19.1 Å². The molecule has 0 aromatic heterocycles. The highest BCUT2D eigenvalue weighted by Crippen LogP contribution is 2.40. The maximum atomic E-state index is 5.54. The molecule has 2 aliphatic heterocycles. The van der Waals surface area contributed by atoms with Gasteiger partial charge in [0.2, 0.25) is 0 Å². The van der Waals surface area contributed by atoms with Crippen molar-refractivity contribution in [3.05, 3.63) is 0 Å². The smallest absolute Gasteiger partial charge is 0.0653 e. The lowest BCUT2D eigenvalue weighted by atomic mass is 9.85. The summed E-state index contributed by atoms with van der Waals surface area (Å²) in [7, 11) is 0. The van der Waals surface area contributed by atoms with E-state index in [1.807, 2.05) is 0 Å². The van der Waals surface area contributed by atoms with Crippen molar-refractivity contribution in [1.82, 2.24) is 4.90 Å². The third kappa shape index (κ3) is 1.01. The van der Waals surface area contributed by atoms with Gasteiger partial charge in [0.15, 0.2) is 0 Å². The van der Waals surface area contributed by atoms with Crippen LogP contribution in [-0.4, -0.2) is 36.7 Å². The summed E-state index contributed by atoms with van der Waals surface area (Å²) in [6.45, 7) is 9.06. The third-order valence-electron chi connectivity index (χ3n) is 3.79. The van der Waals surface area contributed by atoms with Gasteiger partial charge in [-0.15, -0.1) is 0 Å². The van der Waals surface area contributed by atoms with Crippen LogP contribution < -0.4 is 0 Å². The van der Waals surface area contributed by atoms with Gasteiger partial charge in [-0.1, -0.05) is 13.8 Å². The van der Waals surface area contributed by atoms with Crippen molar-refractivity contribution in [2.75, 3.05) is 26.3 Å². The fraction of sp³-hybridized carbons (Fsp3) is 1.00. The number of ether oxygens (including phenoxy) is 1. The number of likely N-dealkylation sites (tertiary alicyclic amines) is 1. The molecule has 2 rings (SSSR count). The minimum Gasteiger partial charge on any atom is -0.379 e. The number of rotatable bonds is 1. The number of hydrogen-bond donors (Lipinski definition) is 0. The van der Waals surface area contributed by atoms with Gasteiger partial charge in [0.25, 0.3) is 0 Å². The van der Waals surface area contributed by atoms with E-state index in [0.29, 0.717) is 5.54 Å². The van der Waals surface area contributed by atoms with Gasteiger partial charge in [0.05, 0.1) is 6.61 Å². The van der Waals surface area contributed by atoms with Crippen LogP contribution in [0, 0.1) is 5.92 Å². The summed E-state index contributed by atoms with van der Waals surface area (Å²) >= 11 is 0. The van der Waals surface area contributed by atoms with Crippen LogP contribution in [0.5, 0.6) is 0 Å². The van der Waals surface area contributed by atoms with Gasteiger partial charge in [-0.3, -0.25) is 4.90 Å². The van der Waals surface area contributed by atoms with Gasteiger partial charge < -0.3 is 4.74 Å². The minimum absolute atomic E-state index is 0.425. The molecular formula is C10H19NO. The minimum atomic E-state index is 0.425. The lowest BCUT2D eigenvalue weighted by molar-refractivity contribution is 0.0827. The van der Waals surface area contributed by atoms with Gasteiger partial charge in [-0.25, -0.2) is 0 Å². The second kappa shape index (κ2) is 3.00. The average molecular weight is 169 g/mol. The zero-order valence-corrected chi connectivity index (χ0v) is 8.18. The van der Waals surface area contributed by atoms with Gasteiger partial charge in [0, 0.05) is 12.1 Å². The van der Waals surface area contributed by atoms with Crippen molar-refractivity contribution in [3.8, 4) is 0 Å². The highest BCUT2D eigenvalue weighted by Gasteiger charge is 2.47. The van der Waals surface area contributed by atoms with Crippen molar-refractivity contribution in [2.45, 2.75) is 32.2 Å². The van der Waals surface area contributed by atoms with Crippen molar-refractivity contribution in [2.24, 2.45) is 5.92 Å². The van der Waals surface area contributed by atoms with Crippen molar-refractivity contribution in [1.29, 1.82) is 0 Å². The maximum Gasteiger partial charge on any atom is 0.0653 e. The van der Waals surface area contributed by atoms with Crippen LogP contribution in [0.25, 0.3) is 0 Å². The molecule has 0 aromatic carbocycles. The summed E-state index contributed by atoms with van der Waals surface area (Å²) in [4.78, 5) is 2.62. The Balaban J connectivity index is 2.17. The summed E-state index contributed by atoms with van der Waals surface area (Å²) in [5.74, 6) is 0.833. The van der Waals surface area contributed by atoms with Crippen molar-refractivity contribution in [3.63, 3.8) is 0 Å². The summed E-state index contributed by atoms with van der Waals surface area (Å²) in [5.41, 5.74) is 0.425. The Bertz CT molecular complexity index is 163. The molecule has 2 heteroatoms. The first-order valence-corrected chi connectivity index (χ1v) is 5.12. The van der Waals surface area contributed by atoms with Crippen molar-refractivity contribution < 1.29 is 4.74 Å². The number of hydrogen-bond acceptors (Lipinski definition) is 2. The summed E-state index contributed by atoms with van der Waals surface area (Å²) in [6.07, 6.45) is 2.61. The Morgan fingerprint density at radius 2 is 2.42 bits per heavy atom.